The summed E-state index contributed by atoms with van der Waals surface area (Å²) in [6, 6.07) is 16.0. The van der Waals surface area contributed by atoms with E-state index in [4.69, 9.17) is 4.74 Å². The first kappa shape index (κ1) is 23.4. The van der Waals surface area contributed by atoms with E-state index >= 15 is 0 Å². The number of rotatable bonds is 8. The number of fused-ring (bicyclic) bond motifs is 3. The number of aliphatic carboxylic acids is 1. The predicted molar refractivity (Wildman–Crippen MR) is 131 cm³/mol. The van der Waals surface area contributed by atoms with E-state index in [0.717, 1.165) is 30.4 Å². The summed E-state index contributed by atoms with van der Waals surface area (Å²) < 4.78 is 5.72. The molecule has 3 atom stereocenters. The van der Waals surface area contributed by atoms with Gasteiger partial charge in [-0.2, -0.15) is 0 Å². The number of nitrogens with one attached hydrogen (secondary N) is 2. The highest BCUT2D eigenvalue weighted by molar-refractivity contribution is 5.81. The molecule has 2 amide bonds. The minimum Gasteiger partial charge on any atom is -0.481 e. The van der Waals surface area contributed by atoms with Gasteiger partial charge in [-0.05, 0) is 60.8 Å². The molecule has 0 spiro atoms. The lowest BCUT2D eigenvalue weighted by Crippen LogP contribution is -2.52. The molecule has 3 aliphatic carbocycles. The molecule has 2 aromatic rings. The Morgan fingerprint density at radius 2 is 1.60 bits per heavy atom. The highest BCUT2D eigenvalue weighted by Gasteiger charge is 2.45. The Morgan fingerprint density at radius 1 is 0.971 bits per heavy atom. The van der Waals surface area contributed by atoms with Gasteiger partial charge in [-0.1, -0.05) is 55.0 Å². The molecule has 0 aromatic heterocycles. The van der Waals surface area contributed by atoms with Gasteiger partial charge in [0.2, 0.25) is 5.91 Å². The molecule has 5 rings (SSSR count). The van der Waals surface area contributed by atoms with Gasteiger partial charge >= 0.3 is 12.1 Å². The van der Waals surface area contributed by atoms with Gasteiger partial charge in [-0.25, -0.2) is 4.79 Å². The van der Waals surface area contributed by atoms with Crippen molar-refractivity contribution in [2.45, 2.75) is 62.9 Å². The van der Waals surface area contributed by atoms with Crippen molar-refractivity contribution in [2.75, 3.05) is 6.61 Å². The van der Waals surface area contributed by atoms with Gasteiger partial charge < -0.3 is 20.5 Å². The second kappa shape index (κ2) is 9.36. The molecule has 0 aliphatic heterocycles. The molecular formula is C28H32N2O5. The molecule has 7 heteroatoms. The van der Waals surface area contributed by atoms with E-state index in [9.17, 15) is 19.5 Å². The molecule has 0 radical (unpaired) electrons. The van der Waals surface area contributed by atoms with Crippen molar-refractivity contribution in [1.29, 1.82) is 0 Å². The van der Waals surface area contributed by atoms with E-state index < -0.39 is 23.5 Å². The number of benzene rings is 2. The molecule has 7 nitrogen and oxygen atoms in total. The molecule has 0 bridgehead atoms. The van der Waals surface area contributed by atoms with Crippen LogP contribution >= 0.6 is 0 Å². The van der Waals surface area contributed by atoms with Crippen molar-refractivity contribution < 1.29 is 24.2 Å². The summed E-state index contributed by atoms with van der Waals surface area (Å²) in [7, 11) is 0. The Kier molecular flexibility index (Phi) is 6.26. The largest absolute Gasteiger partial charge is 0.481 e. The molecule has 3 N–H and O–H groups in total. The van der Waals surface area contributed by atoms with Crippen molar-refractivity contribution in [3.63, 3.8) is 0 Å². The van der Waals surface area contributed by atoms with Crippen molar-refractivity contribution in [2.24, 2.45) is 11.8 Å². The third-order valence-electron chi connectivity index (χ3n) is 7.92. The van der Waals surface area contributed by atoms with Gasteiger partial charge in [-0.15, -0.1) is 0 Å². The van der Waals surface area contributed by atoms with Gasteiger partial charge in [0.1, 0.15) is 6.61 Å². The van der Waals surface area contributed by atoms with Crippen LogP contribution in [0.2, 0.25) is 0 Å². The van der Waals surface area contributed by atoms with Crippen molar-refractivity contribution >= 4 is 18.0 Å². The Morgan fingerprint density at radius 3 is 2.20 bits per heavy atom. The maximum absolute atomic E-state index is 12.9. The fourth-order valence-corrected chi connectivity index (χ4v) is 5.90. The fraction of sp³-hybridized carbons (Fsp3) is 0.464. The molecule has 2 saturated carbocycles. The average Bonchev–Trinajstić information content (AvgIpc) is 3.52. The predicted octanol–water partition coefficient (Wildman–Crippen LogP) is 4.45. The van der Waals surface area contributed by atoms with Gasteiger partial charge in [0.15, 0.2) is 0 Å². The molecule has 2 fully saturated rings. The van der Waals surface area contributed by atoms with Crippen LogP contribution in [0.5, 0.6) is 0 Å². The molecule has 184 valence electrons. The quantitative estimate of drug-likeness (QED) is 0.522. The van der Waals surface area contributed by atoms with Crippen LogP contribution in [0.1, 0.15) is 62.5 Å². The van der Waals surface area contributed by atoms with Crippen LogP contribution in [0.25, 0.3) is 11.1 Å². The van der Waals surface area contributed by atoms with Crippen molar-refractivity contribution in [1.82, 2.24) is 10.6 Å². The van der Waals surface area contributed by atoms with Crippen LogP contribution in [-0.2, 0) is 14.3 Å². The summed E-state index contributed by atoms with van der Waals surface area (Å²) >= 11 is 0. The lowest BCUT2D eigenvalue weighted by molar-refractivity contribution is -0.142. The van der Waals surface area contributed by atoms with Gasteiger partial charge in [-0.3, -0.25) is 9.59 Å². The zero-order valence-corrected chi connectivity index (χ0v) is 20.0. The number of hydrogen-bond donors (Lipinski definition) is 3. The summed E-state index contributed by atoms with van der Waals surface area (Å²) in [5.74, 6) is -1.46. The minimum absolute atomic E-state index is 0.0288. The smallest absolute Gasteiger partial charge is 0.407 e. The first-order chi connectivity index (χ1) is 16.9. The summed E-state index contributed by atoms with van der Waals surface area (Å²) in [5.41, 5.74) is 3.90. The van der Waals surface area contributed by atoms with Crippen LogP contribution in [0, 0.1) is 11.8 Å². The normalized spacial score (nSPS) is 22.5. The van der Waals surface area contributed by atoms with E-state index in [1.54, 1.807) is 0 Å². The maximum atomic E-state index is 12.9. The Bertz CT molecular complexity index is 1100. The van der Waals surface area contributed by atoms with E-state index in [2.05, 4.69) is 34.9 Å². The number of carbonyl (C=O) groups excluding carboxylic acids is 2. The first-order valence-electron chi connectivity index (χ1n) is 12.5. The molecule has 2 aromatic carbocycles. The molecule has 1 unspecified atom stereocenters. The lowest BCUT2D eigenvalue weighted by Gasteiger charge is -2.31. The Hall–Kier alpha value is -3.35. The van der Waals surface area contributed by atoms with Crippen LogP contribution < -0.4 is 10.6 Å². The van der Waals surface area contributed by atoms with E-state index in [1.165, 1.54) is 11.1 Å². The summed E-state index contributed by atoms with van der Waals surface area (Å²) in [5, 5.41) is 15.3. The van der Waals surface area contributed by atoms with Gasteiger partial charge in [0, 0.05) is 18.4 Å². The van der Waals surface area contributed by atoms with Crippen LogP contribution in [0.15, 0.2) is 48.5 Å². The van der Waals surface area contributed by atoms with E-state index in [-0.39, 0.29) is 36.8 Å². The number of carboxylic acid groups (broad SMARTS) is 1. The number of hydrogen-bond acceptors (Lipinski definition) is 4. The molecule has 3 aliphatic rings. The molecule has 35 heavy (non-hydrogen) atoms. The average molecular weight is 477 g/mol. The number of carboxylic acids is 1. The van der Waals surface area contributed by atoms with Gasteiger partial charge in [0.25, 0.3) is 0 Å². The Balaban J connectivity index is 1.21. The van der Waals surface area contributed by atoms with Gasteiger partial charge in [0.05, 0.1) is 11.5 Å². The summed E-state index contributed by atoms with van der Waals surface area (Å²) in [6.07, 6.45) is 3.49. The van der Waals surface area contributed by atoms with Crippen molar-refractivity contribution in [3.05, 3.63) is 59.7 Å². The summed E-state index contributed by atoms with van der Waals surface area (Å²) in [6.45, 7) is 2.10. The maximum Gasteiger partial charge on any atom is 0.407 e. The monoisotopic (exact) mass is 476 g/mol. The lowest BCUT2D eigenvalue weighted by atomic mass is 9.91. The third kappa shape index (κ3) is 4.77. The topological polar surface area (TPSA) is 105 Å². The second-order valence-corrected chi connectivity index (χ2v) is 10.4. The SMILES string of the molecule is CC(CC(=O)N[C@H]1CCC[C@H]1C(=O)O)(NC(=O)OCC1c2ccccc2-c2ccccc21)C1CC1. The number of carbonyl (C=O) groups is 3. The van der Waals surface area contributed by atoms with Crippen LogP contribution in [0.4, 0.5) is 4.79 Å². The van der Waals surface area contributed by atoms with Crippen molar-refractivity contribution in [3.8, 4) is 11.1 Å². The second-order valence-electron chi connectivity index (χ2n) is 10.4. The standard InChI is InChI=1S/C28H32N2O5/c1-28(17-13-14-17,15-25(31)29-24-12-6-11-22(24)26(32)33)30-27(34)35-16-23-20-9-4-2-7-18(20)19-8-3-5-10-21(19)23/h2-5,7-10,17,22-24H,6,11-16H2,1H3,(H,29,31)(H,30,34)(H,32,33)/t22-,24+,28?/m1/s1. The highest BCUT2D eigenvalue weighted by atomic mass is 16.5. The van der Waals surface area contributed by atoms with Crippen LogP contribution in [-0.4, -0.2) is 41.3 Å². The third-order valence-corrected chi connectivity index (χ3v) is 7.92. The van der Waals surface area contributed by atoms with E-state index in [0.29, 0.717) is 12.8 Å². The van der Waals surface area contributed by atoms with E-state index in [1.807, 2.05) is 31.2 Å². The highest BCUT2D eigenvalue weighted by Crippen LogP contribution is 2.45. The molecular weight excluding hydrogens is 444 g/mol. The number of amides is 2. The molecule has 0 heterocycles. The minimum atomic E-state index is -0.866. The number of ether oxygens (including phenoxy) is 1. The summed E-state index contributed by atoms with van der Waals surface area (Å²) in [4.78, 5) is 37.2. The number of alkyl carbamates (subject to hydrolysis) is 1. The zero-order chi connectivity index (χ0) is 24.6. The zero-order valence-electron chi connectivity index (χ0n) is 20.0. The first-order valence-corrected chi connectivity index (χ1v) is 12.5. The molecule has 0 saturated heterocycles. The fourth-order valence-electron chi connectivity index (χ4n) is 5.90. The Labute approximate surface area is 205 Å². The van der Waals surface area contributed by atoms with Crippen LogP contribution in [0.3, 0.4) is 0 Å².